The number of nitrogens with one attached hydrogen (secondary N) is 2. The summed E-state index contributed by atoms with van der Waals surface area (Å²) in [5, 5.41) is 20.3. The monoisotopic (exact) mass is 586 g/mol. The number of ether oxygens (including phenoxy) is 1. The highest BCUT2D eigenvalue weighted by Gasteiger charge is 2.23. The summed E-state index contributed by atoms with van der Waals surface area (Å²) in [6, 6.07) is 23.7. The Labute approximate surface area is 251 Å². The predicted molar refractivity (Wildman–Crippen MR) is 166 cm³/mol. The zero-order valence-electron chi connectivity index (χ0n) is 24.2. The number of carbonyl (C=O) groups is 2. The van der Waals surface area contributed by atoms with Gasteiger partial charge in [-0.05, 0) is 61.7 Å². The molecule has 0 saturated carbocycles. The second-order valence-electron chi connectivity index (χ2n) is 10.2. The summed E-state index contributed by atoms with van der Waals surface area (Å²) in [4.78, 5) is 32.5. The van der Waals surface area contributed by atoms with Gasteiger partial charge in [0.2, 0.25) is 0 Å². The Kier molecular flexibility index (Phi) is 11.2. The Bertz CT molecular complexity index is 1460. The molecule has 0 bridgehead atoms. The largest absolute Gasteiger partial charge is 0.496 e. The van der Waals surface area contributed by atoms with Gasteiger partial charge >= 0.3 is 0 Å². The fourth-order valence-corrected chi connectivity index (χ4v) is 5.52. The first-order valence-electron chi connectivity index (χ1n) is 14.0. The fourth-order valence-electron chi connectivity index (χ4n) is 4.69. The van der Waals surface area contributed by atoms with E-state index in [-0.39, 0.29) is 11.8 Å². The summed E-state index contributed by atoms with van der Waals surface area (Å²) in [5.41, 5.74) is 3.77. The lowest BCUT2D eigenvalue weighted by Crippen LogP contribution is -2.49. The van der Waals surface area contributed by atoms with E-state index in [2.05, 4.69) is 15.6 Å². The third-order valence-electron chi connectivity index (χ3n) is 6.95. The first-order valence-corrected chi connectivity index (χ1v) is 14.8. The van der Waals surface area contributed by atoms with Gasteiger partial charge in [-0.2, -0.15) is 0 Å². The maximum absolute atomic E-state index is 13.4. The molecule has 1 aromatic heterocycles. The SMILES string of the molecule is COc1ccccc1CCNC[C@@H](O)[C@H](Cc1ccccc1)NC(=O)c1cccc(C(=O)N(C)Cc2nc(C)cs2)c1. The summed E-state index contributed by atoms with van der Waals surface area (Å²) in [6.07, 6.45) is 0.352. The topological polar surface area (TPSA) is 104 Å². The Hall–Kier alpha value is -4.05. The van der Waals surface area contributed by atoms with Crippen LogP contribution in [0.5, 0.6) is 5.75 Å². The Balaban J connectivity index is 1.40. The summed E-state index contributed by atoms with van der Waals surface area (Å²) < 4.78 is 5.43. The summed E-state index contributed by atoms with van der Waals surface area (Å²) in [6.45, 7) is 3.25. The molecular weight excluding hydrogens is 548 g/mol. The number of aryl methyl sites for hydroxylation is 1. The number of hydrogen-bond acceptors (Lipinski definition) is 7. The van der Waals surface area contributed by atoms with Crippen molar-refractivity contribution in [2.24, 2.45) is 0 Å². The molecule has 0 aliphatic rings. The number of benzene rings is 3. The highest BCUT2D eigenvalue weighted by molar-refractivity contribution is 7.09. The van der Waals surface area contributed by atoms with Crippen LogP contribution in [0, 0.1) is 6.92 Å². The number of amides is 2. The van der Waals surface area contributed by atoms with E-state index in [4.69, 9.17) is 4.74 Å². The normalized spacial score (nSPS) is 12.4. The summed E-state index contributed by atoms with van der Waals surface area (Å²) in [7, 11) is 3.37. The molecule has 9 heteroatoms. The molecule has 0 aliphatic carbocycles. The van der Waals surface area contributed by atoms with E-state index in [1.165, 1.54) is 11.3 Å². The molecule has 0 fully saturated rings. The lowest BCUT2D eigenvalue weighted by Gasteiger charge is -2.25. The average Bonchev–Trinajstić information content (AvgIpc) is 3.43. The van der Waals surface area contributed by atoms with E-state index in [1.54, 1.807) is 43.3 Å². The van der Waals surface area contributed by atoms with Crippen molar-refractivity contribution < 1.29 is 19.4 Å². The molecule has 2 amide bonds. The molecule has 0 radical (unpaired) electrons. The average molecular weight is 587 g/mol. The second-order valence-corrected chi connectivity index (χ2v) is 11.2. The molecule has 1 heterocycles. The number of carbonyl (C=O) groups excluding carboxylic acids is 2. The van der Waals surface area contributed by atoms with E-state index in [9.17, 15) is 14.7 Å². The molecule has 42 heavy (non-hydrogen) atoms. The number of methoxy groups -OCH3 is 1. The van der Waals surface area contributed by atoms with E-state index in [0.29, 0.717) is 37.2 Å². The molecule has 220 valence electrons. The van der Waals surface area contributed by atoms with Gasteiger partial charge in [0.25, 0.3) is 11.8 Å². The quantitative estimate of drug-likeness (QED) is 0.191. The van der Waals surface area contributed by atoms with Crippen LogP contribution in [0.25, 0.3) is 0 Å². The van der Waals surface area contributed by atoms with E-state index in [0.717, 1.165) is 34.0 Å². The first-order chi connectivity index (χ1) is 20.3. The van der Waals surface area contributed by atoms with E-state index in [1.807, 2.05) is 66.9 Å². The van der Waals surface area contributed by atoms with Crippen molar-refractivity contribution >= 4 is 23.2 Å². The van der Waals surface area contributed by atoms with E-state index >= 15 is 0 Å². The van der Waals surface area contributed by atoms with Gasteiger partial charge in [0.15, 0.2) is 0 Å². The maximum atomic E-state index is 13.4. The van der Waals surface area contributed by atoms with Crippen molar-refractivity contribution in [3.05, 3.63) is 117 Å². The molecule has 0 unspecified atom stereocenters. The van der Waals surface area contributed by atoms with Crippen LogP contribution in [-0.2, 0) is 19.4 Å². The van der Waals surface area contributed by atoms with Gasteiger partial charge in [0.05, 0.1) is 25.8 Å². The van der Waals surface area contributed by atoms with Crippen molar-refractivity contribution in [2.75, 3.05) is 27.2 Å². The summed E-state index contributed by atoms with van der Waals surface area (Å²) >= 11 is 1.51. The highest BCUT2D eigenvalue weighted by atomic mass is 32.1. The van der Waals surface area contributed by atoms with Crippen LogP contribution in [-0.4, -0.2) is 66.2 Å². The molecule has 0 spiro atoms. The molecule has 0 aliphatic heterocycles. The van der Waals surface area contributed by atoms with Crippen molar-refractivity contribution in [3.63, 3.8) is 0 Å². The smallest absolute Gasteiger partial charge is 0.253 e. The molecule has 4 aromatic rings. The number of aromatic nitrogens is 1. The third-order valence-corrected chi connectivity index (χ3v) is 7.91. The minimum atomic E-state index is -0.843. The van der Waals surface area contributed by atoms with Gasteiger partial charge in [-0.1, -0.05) is 54.6 Å². The fraction of sp³-hybridized carbons (Fsp3) is 0.303. The lowest BCUT2D eigenvalue weighted by atomic mass is 10.00. The number of para-hydroxylation sites is 1. The molecule has 0 saturated heterocycles. The Morgan fingerprint density at radius 2 is 1.76 bits per heavy atom. The maximum Gasteiger partial charge on any atom is 0.253 e. The van der Waals surface area contributed by atoms with Gasteiger partial charge in [0, 0.05) is 35.8 Å². The highest BCUT2D eigenvalue weighted by Crippen LogP contribution is 2.18. The number of aliphatic hydroxyl groups excluding tert-OH is 1. The molecule has 3 N–H and O–H groups in total. The predicted octanol–water partition coefficient (Wildman–Crippen LogP) is 4.27. The van der Waals surface area contributed by atoms with Crippen molar-refractivity contribution in [3.8, 4) is 5.75 Å². The molecule has 3 aromatic carbocycles. The lowest BCUT2D eigenvalue weighted by molar-refractivity contribution is 0.0784. The van der Waals surface area contributed by atoms with Gasteiger partial charge in [0.1, 0.15) is 10.8 Å². The minimum absolute atomic E-state index is 0.197. The third kappa shape index (κ3) is 8.72. The number of rotatable bonds is 14. The number of hydrogen-bond donors (Lipinski definition) is 3. The van der Waals surface area contributed by atoms with Crippen molar-refractivity contribution in [2.45, 2.75) is 38.5 Å². The zero-order valence-corrected chi connectivity index (χ0v) is 25.1. The number of aliphatic hydroxyl groups is 1. The van der Waals surface area contributed by atoms with Crippen LogP contribution >= 0.6 is 11.3 Å². The first kappa shape index (κ1) is 30.9. The minimum Gasteiger partial charge on any atom is -0.496 e. The van der Waals surface area contributed by atoms with Crippen LogP contribution in [0.2, 0.25) is 0 Å². The van der Waals surface area contributed by atoms with Gasteiger partial charge in [-0.15, -0.1) is 11.3 Å². The van der Waals surface area contributed by atoms with Gasteiger partial charge in [-0.25, -0.2) is 4.98 Å². The zero-order chi connectivity index (χ0) is 29.9. The Morgan fingerprint density at radius 3 is 2.50 bits per heavy atom. The van der Waals surface area contributed by atoms with Crippen LogP contribution < -0.4 is 15.4 Å². The van der Waals surface area contributed by atoms with Crippen LogP contribution in [0.4, 0.5) is 0 Å². The second kappa shape index (κ2) is 15.3. The van der Waals surface area contributed by atoms with Crippen molar-refractivity contribution in [1.82, 2.24) is 20.5 Å². The van der Waals surface area contributed by atoms with E-state index < -0.39 is 12.1 Å². The van der Waals surface area contributed by atoms with Crippen LogP contribution in [0.3, 0.4) is 0 Å². The van der Waals surface area contributed by atoms with Gasteiger partial charge in [-0.3, -0.25) is 9.59 Å². The number of thiazole rings is 1. The van der Waals surface area contributed by atoms with Crippen molar-refractivity contribution in [1.29, 1.82) is 0 Å². The number of nitrogens with zero attached hydrogens (tertiary/aromatic N) is 2. The molecule has 2 atom stereocenters. The van der Waals surface area contributed by atoms with Crippen LogP contribution in [0.15, 0.2) is 84.2 Å². The van der Waals surface area contributed by atoms with Crippen LogP contribution in [0.1, 0.15) is 42.5 Å². The molecule has 8 nitrogen and oxygen atoms in total. The Morgan fingerprint density at radius 1 is 1.02 bits per heavy atom. The molecular formula is C33H38N4O4S. The van der Waals surface area contributed by atoms with Gasteiger partial charge < -0.3 is 25.4 Å². The standard InChI is InChI=1S/C33H38N4O4S/c1-23-22-42-31(35-23)21-37(2)33(40)27-14-9-13-26(19-27)32(39)36-28(18-24-10-5-4-6-11-24)29(38)20-34-17-16-25-12-7-8-15-30(25)41-3/h4-15,19,22,28-29,34,38H,16-18,20-21H2,1-3H3,(H,36,39)/t28-,29+/m0/s1. The molecule has 4 rings (SSSR count). The summed E-state index contributed by atoms with van der Waals surface area (Å²) in [5.74, 6) is 0.286.